The second-order valence-corrected chi connectivity index (χ2v) is 5.70. The normalized spacial score (nSPS) is 12.8. The smallest absolute Gasteiger partial charge is 0.234 e. The molecular formula is C16H14FNO3S. The highest BCUT2D eigenvalue weighted by Crippen LogP contribution is 2.32. The Labute approximate surface area is 131 Å². The van der Waals surface area contributed by atoms with E-state index in [0.29, 0.717) is 30.4 Å². The Hall–Kier alpha value is -2.21. The van der Waals surface area contributed by atoms with Crippen molar-refractivity contribution in [2.45, 2.75) is 4.90 Å². The van der Waals surface area contributed by atoms with Crippen molar-refractivity contribution < 1.29 is 18.7 Å². The van der Waals surface area contributed by atoms with Gasteiger partial charge >= 0.3 is 0 Å². The number of thioether (sulfide) groups is 1. The first-order valence-corrected chi connectivity index (χ1v) is 7.77. The first kappa shape index (κ1) is 14.7. The summed E-state index contributed by atoms with van der Waals surface area (Å²) < 4.78 is 23.7. The summed E-state index contributed by atoms with van der Waals surface area (Å²) in [5.41, 5.74) is 0.661. The predicted molar refractivity (Wildman–Crippen MR) is 83.2 cm³/mol. The lowest BCUT2D eigenvalue weighted by atomic mass is 10.2. The SMILES string of the molecule is O=C(CSc1ccc(F)cc1)Nc1ccc2c(c1)OCCO2. The van der Waals surface area contributed by atoms with E-state index in [1.54, 1.807) is 30.3 Å². The molecule has 4 nitrogen and oxygen atoms in total. The Morgan fingerprint density at radius 2 is 1.82 bits per heavy atom. The molecule has 1 aliphatic heterocycles. The number of amides is 1. The van der Waals surface area contributed by atoms with Crippen LogP contribution >= 0.6 is 11.8 Å². The zero-order valence-electron chi connectivity index (χ0n) is 11.7. The lowest BCUT2D eigenvalue weighted by molar-refractivity contribution is -0.113. The lowest BCUT2D eigenvalue weighted by Gasteiger charge is -2.19. The molecule has 0 aliphatic carbocycles. The van der Waals surface area contributed by atoms with E-state index in [-0.39, 0.29) is 17.5 Å². The van der Waals surface area contributed by atoms with Gasteiger partial charge in [0.2, 0.25) is 5.91 Å². The fourth-order valence-electron chi connectivity index (χ4n) is 2.00. The van der Waals surface area contributed by atoms with Crippen molar-refractivity contribution in [2.75, 3.05) is 24.3 Å². The van der Waals surface area contributed by atoms with Gasteiger partial charge in [-0.25, -0.2) is 4.39 Å². The highest BCUT2D eigenvalue weighted by atomic mass is 32.2. The van der Waals surface area contributed by atoms with Gasteiger partial charge in [-0.15, -0.1) is 11.8 Å². The maximum atomic E-state index is 12.8. The number of carbonyl (C=O) groups excluding carboxylic acids is 1. The molecule has 0 aromatic heterocycles. The Kier molecular flexibility index (Phi) is 4.48. The summed E-state index contributed by atoms with van der Waals surface area (Å²) in [7, 11) is 0. The summed E-state index contributed by atoms with van der Waals surface area (Å²) in [5.74, 6) is 1.15. The average molecular weight is 319 g/mol. The number of ether oxygens (including phenoxy) is 2. The number of rotatable bonds is 4. The zero-order chi connectivity index (χ0) is 15.4. The number of benzene rings is 2. The molecule has 114 valence electrons. The van der Waals surface area contributed by atoms with Gasteiger partial charge in [0.05, 0.1) is 5.75 Å². The molecule has 1 amide bonds. The summed E-state index contributed by atoms with van der Waals surface area (Å²) in [6, 6.07) is 11.3. The number of hydrogen-bond donors (Lipinski definition) is 1. The summed E-state index contributed by atoms with van der Waals surface area (Å²) in [5, 5.41) is 2.80. The van der Waals surface area contributed by atoms with Crippen molar-refractivity contribution in [3.63, 3.8) is 0 Å². The lowest BCUT2D eigenvalue weighted by Crippen LogP contribution is -2.17. The van der Waals surface area contributed by atoms with Gasteiger partial charge in [-0.1, -0.05) is 0 Å². The van der Waals surface area contributed by atoms with E-state index in [1.165, 1.54) is 23.9 Å². The molecule has 0 bridgehead atoms. The molecule has 0 saturated carbocycles. The van der Waals surface area contributed by atoms with Crippen LogP contribution in [0.1, 0.15) is 0 Å². The number of nitrogens with one attached hydrogen (secondary N) is 1. The molecule has 2 aromatic rings. The quantitative estimate of drug-likeness (QED) is 0.878. The molecule has 2 aromatic carbocycles. The van der Waals surface area contributed by atoms with E-state index in [4.69, 9.17) is 9.47 Å². The second kappa shape index (κ2) is 6.70. The molecule has 22 heavy (non-hydrogen) atoms. The standard InChI is InChI=1S/C16H14FNO3S/c17-11-1-4-13(5-2-11)22-10-16(19)18-12-3-6-14-15(9-12)21-8-7-20-14/h1-6,9H,7-8,10H2,(H,18,19). The van der Waals surface area contributed by atoms with Crippen LogP contribution in [-0.4, -0.2) is 24.9 Å². The summed E-state index contributed by atoms with van der Waals surface area (Å²) in [4.78, 5) is 12.8. The van der Waals surface area contributed by atoms with Crippen LogP contribution in [0.25, 0.3) is 0 Å². The Morgan fingerprint density at radius 3 is 2.59 bits per heavy atom. The molecule has 0 fully saturated rings. The molecule has 0 atom stereocenters. The minimum atomic E-state index is -0.287. The van der Waals surface area contributed by atoms with E-state index in [1.807, 2.05) is 0 Å². The Bertz CT molecular complexity index is 676. The van der Waals surface area contributed by atoms with Gasteiger partial charge in [0, 0.05) is 16.6 Å². The van der Waals surface area contributed by atoms with Gasteiger partial charge in [0.15, 0.2) is 11.5 Å². The molecule has 0 radical (unpaired) electrons. The van der Waals surface area contributed by atoms with E-state index in [0.717, 1.165) is 4.90 Å². The van der Waals surface area contributed by atoms with Crippen molar-refractivity contribution in [1.29, 1.82) is 0 Å². The van der Waals surface area contributed by atoms with Gasteiger partial charge in [-0.3, -0.25) is 4.79 Å². The van der Waals surface area contributed by atoms with Crippen molar-refractivity contribution in [3.05, 3.63) is 48.3 Å². The summed E-state index contributed by atoms with van der Waals surface area (Å²) in [6.45, 7) is 1.04. The predicted octanol–water partition coefficient (Wildman–Crippen LogP) is 3.33. The monoisotopic (exact) mass is 319 g/mol. The van der Waals surface area contributed by atoms with Crippen LogP contribution in [0.2, 0.25) is 0 Å². The van der Waals surface area contributed by atoms with E-state index in [9.17, 15) is 9.18 Å². The second-order valence-electron chi connectivity index (χ2n) is 4.65. The molecule has 0 unspecified atom stereocenters. The third-order valence-electron chi connectivity index (χ3n) is 3.01. The zero-order valence-corrected chi connectivity index (χ0v) is 12.5. The van der Waals surface area contributed by atoms with Crippen molar-refractivity contribution >= 4 is 23.4 Å². The number of anilines is 1. The largest absolute Gasteiger partial charge is 0.486 e. The van der Waals surface area contributed by atoms with Crippen molar-refractivity contribution in [1.82, 2.24) is 0 Å². The van der Waals surface area contributed by atoms with E-state index >= 15 is 0 Å². The average Bonchev–Trinajstić information content (AvgIpc) is 2.54. The molecule has 1 aliphatic rings. The molecular weight excluding hydrogens is 305 g/mol. The minimum absolute atomic E-state index is 0.133. The first-order chi connectivity index (χ1) is 10.7. The number of fused-ring (bicyclic) bond motifs is 1. The van der Waals surface area contributed by atoms with Crippen molar-refractivity contribution in [3.8, 4) is 11.5 Å². The number of halogens is 1. The van der Waals surface area contributed by atoms with Gasteiger partial charge < -0.3 is 14.8 Å². The maximum absolute atomic E-state index is 12.8. The first-order valence-electron chi connectivity index (χ1n) is 6.78. The molecule has 0 spiro atoms. The highest BCUT2D eigenvalue weighted by Gasteiger charge is 2.12. The van der Waals surface area contributed by atoms with Crippen LogP contribution in [0.4, 0.5) is 10.1 Å². The minimum Gasteiger partial charge on any atom is -0.486 e. The fourth-order valence-corrected chi connectivity index (χ4v) is 2.70. The topological polar surface area (TPSA) is 47.6 Å². The Balaban J connectivity index is 1.56. The Morgan fingerprint density at radius 1 is 1.09 bits per heavy atom. The van der Waals surface area contributed by atoms with Gasteiger partial charge in [0.25, 0.3) is 0 Å². The fraction of sp³-hybridized carbons (Fsp3) is 0.188. The third-order valence-corrected chi connectivity index (χ3v) is 4.02. The van der Waals surface area contributed by atoms with Crippen LogP contribution in [-0.2, 0) is 4.79 Å². The van der Waals surface area contributed by atoms with Gasteiger partial charge in [-0.2, -0.15) is 0 Å². The van der Waals surface area contributed by atoms with Crippen LogP contribution in [0, 0.1) is 5.82 Å². The molecule has 6 heteroatoms. The summed E-state index contributed by atoms with van der Waals surface area (Å²) >= 11 is 1.35. The molecule has 1 N–H and O–H groups in total. The number of carbonyl (C=O) groups is 1. The van der Waals surface area contributed by atoms with Gasteiger partial charge in [0.1, 0.15) is 19.0 Å². The third kappa shape index (κ3) is 3.71. The van der Waals surface area contributed by atoms with Crippen LogP contribution < -0.4 is 14.8 Å². The van der Waals surface area contributed by atoms with E-state index in [2.05, 4.69) is 5.32 Å². The van der Waals surface area contributed by atoms with Gasteiger partial charge in [-0.05, 0) is 36.4 Å². The van der Waals surface area contributed by atoms with Crippen LogP contribution in [0.15, 0.2) is 47.4 Å². The van der Waals surface area contributed by atoms with Crippen LogP contribution in [0.3, 0.4) is 0 Å². The maximum Gasteiger partial charge on any atom is 0.234 e. The van der Waals surface area contributed by atoms with E-state index < -0.39 is 0 Å². The number of hydrogen-bond acceptors (Lipinski definition) is 4. The van der Waals surface area contributed by atoms with Crippen molar-refractivity contribution in [2.24, 2.45) is 0 Å². The summed E-state index contributed by atoms with van der Waals surface area (Å²) in [6.07, 6.45) is 0. The molecule has 1 heterocycles. The van der Waals surface area contributed by atoms with Crippen LogP contribution in [0.5, 0.6) is 11.5 Å². The highest BCUT2D eigenvalue weighted by molar-refractivity contribution is 8.00. The molecule has 0 saturated heterocycles. The molecule has 3 rings (SSSR count).